The van der Waals surface area contributed by atoms with E-state index in [0.717, 1.165) is 25.9 Å². The number of nitrogens with one attached hydrogen (secondary N) is 2. The number of carbonyl (C=O) groups is 1. The van der Waals surface area contributed by atoms with Crippen molar-refractivity contribution in [3.8, 4) is 0 Å². The average Bonchev–Trinajstić information content (AvgIpc) is 3.16. The third-order valence-electron chi connectivity index (χ3n) is 5.39. The molecule has 2 N–H and O–H groups in total. The van der Waals surface area contributed by atoms with Crippen LogP contribution in [0.1, 0.15) is 33.6 Å². The van der Waals surface area contributed by atoms with Gasteiger partial charge in [-0.15, -0.1) is 0 Å². The first-order valence-corrected chi connectivity index (χ1v) is 11.1. The summed E-state index contributed by atoms with van der Waals surface area (Å²) in [6.07, 6.45) is 2.08. The maximum atomic E-state index is 12.6. The van der Waals surface area contributed by atoms with E-state index in [9.17, 15) is 13.2 Å². The van der Waals surface area contributed by atoms with Gasteiger partial charge in [0.1, 0.15) is 25.3 Å². The predicted molar refractivity (Wildman–Crippen MR) is 103 cm³/mol. The van der Waals surface area contributed by atoms with E-state index in [1.807, 2.05) is 20.8 Å². The number of hydrogen-bond donors (Lipinski definition) is 2. The Morgan fingerprint density at radius 1 is 1.15 bits per heavy atom. The second kappa shape index (κ2) is 8.26. The van der Waals surface area contributed by atoms with Crippen LogP contribution in [0.4, 0.5) is 5.69 Å². The first kappa shape index (κ1) is 20.3. The normalized spacial score (nSPS) is 28.0. The Kier molecular flexibility index (Phi) is 6.20. The Labute approximate surface area is 161 Å². The Balaban J connectivity index is 1.63. The van der Waals surface area contributed by atoms with Crippen molar-refractivity contribution in [2.45, 2.75) is 56.8 Å². The molecule has 2 aliphatic heterocycles. The molecule has 150 valence electrons. The number of nitrogens with zero attached hydrogens (tertiary/aromatic N) is 1. The Hall–Kier alpha value is -1.48. The minimum Gasteiger partial charge on any atom is -0.364 e. The molecule has 0 aliphatic carbocycles. The minimum absolute atomic E-state index is 0.0681. The van der Waals surface area contributed by atoms with Gasteiger partial charge < -0.3 is 15.0 Å². The van der Waals surface area contributed by atoms with Gasteiger partial charge in [0, 0.05) is 18.8 Å². The first-order valence-electron chi connectivity index (χ1n) is 9.68. The average molecular weight is 397 g/mol. The van der Waals surface area contributed by atoms with E-state index in [1.165, 1.54) is 9.21 Å². The van der Waals surface area contributed by atoms with E-state index in [0.29, 0.717) is 18.8 Å². The van der Waals surface area contributed by atoms with Gasteiger partial charge >= 0.3 is 0 Å². The summed E-state index contributed by atoms with van der Waals surface area (Å²) in [7, 11) is -3.43. The van der Waals surface area contributed by atoms with Gasteiger partial charge in [-0.05, 0) is 57.9 Å². The van der Waals surface area contributed by atoms with Gasteiger partial charge in [0.25, 0.3) is 5.91 Å². The highest BCUT2D eigenvalue weighted by molar-refractivity contribution is 7.89. The number of anilines is 1. The smallest absolute Gasteiger partial charge is 0.282 e. The van der Waals surface area contributed by atoms with Gasteiger partial charge in [0.2, 0.25) is 10.0 Å². The summed E-state index contributed by atoms with van der Waals surface area (Å²) in [5, 5.41) is 2.91. The predicted octanol–water partition coefficient (Wildman–Crippen LogP) is 0.490. The van der Waals surface area contributed by atoms with Crippen molar-refractivity contribution in [1.29, 1.82) is 0 Å². The van der Waals surface area contributed by atoms with Crippen molar-refractivity contribution >= 4 is 21.6 Å². The number of amides is 1. The molecule has 0 spiro atoms. The maximum absolute atomic E-state index is 12.6. The molecule has 27 heavy (non-hydrogen) atoms. The van der Waals surface area contributed by atoms with Crippen LogP contribution in [0.5, 0.6) is 0 Å². The van der Waals surface area contributed by atoms with Crippen molar-refractivity contribution in [2.75, 3.05) is 31.5 Å². The molecule has 0 bridgehead atoms. The Bertz CT molecular complexity index is 750. The van der Waals surface area contributed by atoms with Crippen molar-refractivity contribution in [3.05, 3.63) is 24.3 Å². The summed E-state index contributed by atoms with van der Waals surface area (Å²) < 4.78 is 32.4. The van der Waals surface area contributed by atoms with E-state index in [1.54, 1.807) is 24.3 Å². The number of morpholine rings is 1. The Morgan fingerprint density at radius 3 is 2.26 bits per heavy atom. The molecule has 7 nitrogen and oxygen atoms in total. The van der Waals surface area contributed by atoms with Crippen LogP contribution in [0.15, 0.2) is 29.2 Å². The van der Waals surface area contributed by atoms with E-state index in [-0.39, 0.29) is 29.1 Å². The number of ether oxygens (including phenoxy) is 1. The van der Waals surface area contributed by atoms with Gasteiger partial charge in [-0.1, -0.05) is 0 Å². The molecule has 0 saturated carbocycles. The van der Waals surface area contributed by atoms with Crippen LogP contribution in [0, 0.1) is 0 Å². The lowest BCUT2D eigenvalue weighted by Gasteiger charge is -2.35. The van der Waals surface area contributed by atoms with Crippen LogP contribution >= 0.6 is 0 Å². The van der Waals surface area contributed by atoms with E-state index in [2.05, 4.69) is 5.32 Å². The third-order valence-corrected chi connectivity index (χ3v) is 7.31. The molecule has 2 heterocycles. The molecule has 2 fully saturated rings. The maximum Gasteiger partial charge on any atom is 0.282 e. The summed E-state index contributed by atoms with van der Waals surface area (Å²) in [5.74, 6) is -0.0681. The second-order valence-corrected chi connectivity index (χ2v) is 9.61. The SMILES string of the molecule is C[C@@H]1C[NH+]([C@@H](C)C(=O)Nc2ccc(S(=O)(=O)N3CCCC3)cc2)C[C@@H](C)O1. The quantitative estimate of drug-likeness (QED) is 0.759. The second-order valence-electron chi connectivity index (χ2n) is 7.67. The van der Waals surface area contributed by atoms with Crippen molar-refractivity contribution in [1.82, 2.24) is 4.31 Å². The van der Waals surface area contributed by atoms with E-state index < -0.39 is 10.0 Å². The summed E-state index contributed by atoms with van der Waals surface area (Å²) >= 11 is 0. The lowest BCUT2D eigenvalue weighted by molar-refractivity contribution is -0.928. The summed E-state index contributed by atoms with van der Waals surface area (Å²) in [5.41, 5.74) is 0.612. The zero-order valence-corrected chi connectivity index (χ0v) is 17.1. The highest BCUT2D eigenvalue weighted by Gasteiger charge is 2.33. The Morgan fingerprint density at radius 2 is 1.70 bits per heavy atom. The number of hydrogen-bond acceptors (Lipinski definition) is 4. The molecule has 8 heteroatoms. The molecule has 1 aromatic rings. The largest absolute Gasteiger partial charge is 0.364 e. The summed E-state index contributed by atoms with van der Waals surface area (Å²) in [6.45, 7) is 8.73. The van der Waals surface area contributed by atoms with Crippen molar-refractivity contribution in [3.63, 3.8) is 0 Å². The van der Waals surface area contributed by atoms with Crippen LogP contribution in [-0.2, 0) is 19.6 Å². The minimum atomic E-state index is -3.43. The molecule has 0 aromatic heterocycles. The number of quaternary nitrogens is 1. The molecule has 3 rings (SSSR count). The fourth-order valence-corrected chi connectivity index (χ4v) is 5.41. The van der Waals surface area contributed by atoms with E-state index >= 15 is 0 Å². The third kappa shape index (κ3) is 4.68. The number of sulfonamides is 1. The van der Waals surface area contributed by atoms with E-state index in [4.69, 9.17) is 4.74 Å². The molecule has 1 aromatic carbocycles. The first-order chi connectivity index (χ1) is 12.8. The van der Waals surface area contributed by atoms with Crippen LogP contribution in [0.3, 0.4) is 0 Å². The van der Waals surface area contributed by atoms with Gasteiger partial charge in [-0.25, -0.2) is 8.42 Å². The van der Waals surface area contributed by atoms with Gasteiger partial charge in [0.15, 0.2) is 6.04 Å². The molecule has 2 saturated heterocycles. The summed E-state index contributed by atoms with van der Waals surface area (Å²) in [4.78, 5) is 14.1. The lowest BCUT2D eigenvalue weighted by Crippen LogP contribution is -3.19. The zero-order chi connectivity index (χ0) is 19.6. The highest BCUT2D eigenvalue weighted by Crippen LogP contribution is 2.22. The van der Waals surface area contributed by atoms with Crippen LogP contribution in [-0.4, -0.2) is 63.1 Å². The summed E-state index contributed by atoms with van der Waals surface area (Å²) in [6, 6.07) is 6.26. The lowest BCUT2D eigenvalue weighted by atomic mass is 10.1. The highest BCUT2D eigenvalue weighted by atomic mass is 32.2. The molecule has 1 amide bonds. The molecule has 3 atom stereocenters. The molecular formula is C19H30N3O4S+. The van der Waals surface area contributed by atoms with Gasteiger partial charge in [0.05, 0.1) is 4.90 Å². The molecule has 2 aliphatic rings. The topological polar surface area (TPSA) is 80.2 Å². The van der Waals surface area contributed by atoms with Crippen LogP contribution < -0.4 is 10.2 Å². The van der Waals surface area contributed by atoms with Gasteiger partial charge in [-0.3, -0.25) is 4.79 Å². The number of benzene rings is 1. The van der Waals surface area contributed by atoms with Gasteiger partial charge in [-0.2, -0.15) is 4.31 Å². The monoisotopic (exact) mass is 396 g/mol. The standard InChI is InChI=1S/C19H29N3O4S/c1-14-12-21(13-15(2)26-14)16(3)19(23)20-17-6-8-18(9-7-17)27(24,25)22-10-4-5-11-22/h6-9,14-16H,4-5,10-13H2,1-3H3,(H,20,23)/p+1/t14-,15-,16+/m1/s1. The van der Waals surface area contributed by atoms with Crippen LogP contribution in [0.25, 0.3) is 0 Å². The molecule has 0 unspecified atom stereocenters. The molecule has 0 radical (unpaired) electrons. The van der Waals surface area contributed by atoms with Crippen molar-refractivity contribution in [2.24, 2.45) is 0 Å². The number of rotatable bonds is 5. The number of carbonyl (C=O) groups excluding carboxylic acids is 1. The molecular weight excluding hydrogens is 366 g/mol. The van der Waals surface area contributed by atoms with Crippen LogP contribution in [0.2, 0.25) is 0 Å². The zero-order valence-electron chi connectivity index (χ0n) is 16.3. The van der Waals surface area contributed by atoms with Crippen molar-refractivity contribution < 1.29 is 22.8 Å². The fourth-order valence-electron chi connectivity index (χ4n) is 3.89. The fraction of sp³-hybridized carbons (Fsp3) is 0.632.